The number of hydrogen-bond donors (Lipinski definition) is 2. The molecule has 1 heterocycles. The molecule has 3 N–H and O–H groups in total. The van der Waals surface area contributed by atoms with Gasteiger partial charge in [0, 0.05) is 5.69 Å². The molecule has 0 unspecified atom stereocenters. The van der Waals surface area contributed by atoms with E-state index in [0.29, 0.717) is 28.1 Å². The molecule has 0 radical (unpaired) electrons. The molecule has 0 bridgehead atoms. The summed E-state index contributed by atoms with van der Waals surface area (Å²) in [5.41, 5.74) is 3.20. The lowest BCUT2D eigenvalue weighted by Crippen LogP contribution is -2.18. The highest BCUT2D eigenvalue weighted by Gasteiger charge is 2.15. The largest absolute Gasteiger partial charge is 0.485 e. The van der Waals surface area contributed by atoms with Gasteiger partial charge in [0.25, 0.3) is 0 Å². The Balaban J connectivity index is 1.53. The third-order valence-electron chi connectivity index (χ3n) is 4.96. The Hall–Kier alpha value is -3.53. The summed E-state index contributed by atoms with van der Waals surface area (Å²) in [6, 6.07) is 12.6. The molecular formula is C25H31N5O4S. The van der Waals surface area contributed by atoms with Crippen molar-refractivity contribution in [1.29, 1.82) is 0 Å². The number of esters is 1. The van der Waals surface area contributed by atoms with Gasteiger partial charge in [0.05, 0.1) is 17.4 Å². The number of rotatable bonds is 10. The van der Waals surface area contributed by atoms with Crippen LogP contribution < -0.4 is 15.9 Å². The molecule has 1 amide bonds. The summed E-state index contributed by atoms with van der Waals surface area (Å²) in [7, 11) is 0. The fraction of sp³-hybridized carbons (Fsp3) is 0.360. The minimum atomic E-state index is -0.404. The Morgan fingerprint density at radius 1 is 1.09 bits per heavy atom. The Kier molecular flexibility index (Phi) is 8.75. The van der Waals surface area contributed by atoms with Gasteiger partial charge in [-0.05, 0) is 68.1 Å². The molecule has 3 rings (SSSR count). The molecule has 2 aromatic carbocycles. The van der Waals surface area contributed by atoms with Crippen LogP contribution in [0.3, 0.4) is 0 Å². The zero-order valence-corrected chi connectivity index (χ0v) is 21.4. The van der Waals surface area contributed by atoms with Crippen molar-refractivity contribution in [2.45, 2.75) is 58.4 Å². The van der Waals surface area contributed by atoms with Crippen LogP contribution in [-0.2, 0) is 16.1 Å². The number of nitrogens with two attached hydrogens (primary N) is 1. The van der Waals surface area contributed by atoms with Crippen LogP contribution in [0.2, 0.25) is 0 Å². The molecule has 0 aliphatic heterocycles. The lowest BCUT2D eigenvalue weighted by atomic mass is 10.0. The molecule has 0 saturated heterocycles. The van der Waals surface area contributed by atoms with Gasteiger partial charge >= 0.3 is 5.97 Å². The van der Waals surface area contributed by atoms with Gasteiger partial charge in [0.1, 0.15) is 12.4 Å². The molecular weight excluding hydrogens is 466 g/mol. The van der Waals surface area contributed by atoms with Gasteiger partial charge < -0.3 is 20.6 Å². The van der Waals surface area contributed by atoms with Crippen molar-refractivity contribution in [2.75, 3.05) is 16.9 Å². The number of aromatic nitrogens is 3. The third kappa shape index (κ3) is 7.22. The number of nitrogens with zero attached hydrogens (tertiary/aromatic N) is 3. The highest BCUT2D eigenvalue weighted by Crippen LogP contribution is 2.28. The molecule has 0 saturated carbocycles. The maximum Gasteiger partial charge on any atom is 0.338 e. The predicted molar refractivity (Wildman–Crippen MR) is 136 cm³/mol. The molecule has 186 valence electrons. The second-order valence-corrected chi connectivity index (χ2v) is 9.56. The molecule has 9 nitrogen and oxygen atoms in total. The zero-order chi connectivity index (χ0) is 25.5. The van der Waals surface area contributed by atoms with Crippen molar-refractivity contribution in [3.63, 3.8) is 0 Å². The van der Waals surface area contributed by atoms with E-state index in [4.69, 9.17) is 15.3 Å². The van der Waals surface area contributed by atoms with Gasteiger partial charge in [-0.3, -0.25) is 4.79 Å². The minimum absolute atomic E-state index is 0.0860. The molecule has 0 aliphatic rings. The topological polar surface area (TPSA) is 121 Å². The quantitative estimate of drug-likeness (QED) is 0.242. The smallest absolute Gasteiger partial charge is 0.338 e. The van der Waals surface area contributed by atoms with E-state index < -0.39 is 5.97 Å². The predicted octanol–water partition coefficient (Wildman–Crippen LogP) is 4.30. The number of benzene rings is 2. The average Bonchev–Trinajstić information content (AvgIpc) is 3.15. The van der Waals surface area contributed by atoms with Gasteiger partial charge in [-0.1, -0.05) is 37.7 Å². The number of anilines is 1. The van der Waals surface area contributed by atoms with Crippen molar-refractivity contribution in [3.8, 4) is 5.75 Å². The molecule has 1 aromatic heterocycles. The normalized spacial score (nSPS) is 11.1. The number of ether oxygens (including phenoxy) is 2. The number of carbonyl (C=O) groups excluding carboxylic acids is 2. The van der Waals surface area contributed by atoms with E-state index in [-0.39, 0.29) is 24.4 Å². The summed E-state index contributed by atoms with van der Waals surface area (Å²) in [6.45, 7) is 9.96. The van der Waals surface area contributed by atoms with Crippen LogP contribution >= 0.6 is 11.8 Å². The average molecular weight is 498 g/mol. The number of carbonyl (C=O) groups is 2. The Bertz CT molecular complexity index is 1180. The van der Waals surface area contributed by atoms with Gasteiger partial charge in [-0.25, -0.2) is 9.47 Å². The molecule has 0 spiro atoms. The number of nitrogen functional groups attached to an aromatic ring is 1. The molecule has 0 aliphatic carbocycles. The van der Waals surface area contributed by atoms with Crippen molar-refractivity contribution in [3.05, 3.63) is 65.0 Å². The van der Waals surface area contributed by atoms with E-state index in [0.717, 1.165) is 28.6 Å². The molecule has 10 heteroatoms. The van der Waals surface area contributed by atoms with Crippen molar-refractivity contribution >= 4 is 29.3 Å². The first-order valence-corrected chi connectivity index (χ1v) is 12.3. The van der Waals surface area contributed by atoms with E-state index >= 15 is 0 Å². The summed E-state index contributed by atoms with van der Waals surface area (Å²) >= 11 is 1.16. The van der Waals surface area contributed by atoms with Crippen molar-refractivity contribution in [2.24, 2.45) is 0 Å². The molecule has 0 fully saturated rings. The lowest BCUT2D eigenvalue weighted by molar-refractivity contribution is -0.113. The maximum absolute atomic E-state index is 12.4. The number of nitrogens with one attached hydrogen (secondary N) is 1. The summed E-state index contributed by atoms with van der Waals surface area (Å²) in [5.74, 6) is 7.13. The number of hydrogen-bond acceptors (Lipinski definition) is 8. The molecule has 3 aromatic rings. The molecule has 0 atom stereocenters. The summed E-state index contributed by atoms with van der Waals surface area (Å²) < 4.78 is 12.5. The number of aryl methyl sites for hydroxylation is 1. The van der Waals surface area contributed by atoms with E-state index in [1.807, 2.05) is 13.0 Å². The number of amides is 1. The fourth-order valence-corrected chi connectivity index (χ4v) is 3.86. The third-order valence-corrected chi connectivity index (χ3v) is 5.91. The minimum Gasteiger partial charge on any atom is -0.485 e. The van der Waals surface area contributed by atoms with Crippen LogP contribution in [0.4, 0.5) is 5.69 Å². The van der Waals surface area contributed by atoms with Gasteiger partial charge in [0.2, 0.25) is 11.1 Å². The van der Waals surface area contributed by atoms with Crippen LogP contribution in [-0.4, -0.2) is 38.6 Å². The van der Waals surface area contributed by atoms with E-state index in [2.05, 4.69) is 41.5 Å². The fourth-order valence-electron chi connectivity index (χ4n) is 3.19. The van der Waals surface area contributed by atoms with Gasteiger partial charge in [0.15, 0.2) is 5.82 Å². The van der Waals surface area contributed by atoms with Crippen LogP contribution in [0, 0.1) is 6.92 Å². The first-order valence-electron chi connectivity index (χ1n) is 11.3. The van der Waals surface area contributed by atoms with E-state index in [1.54, 1.807) is 38.1 Å². The first kappa shape index (κ1) is 26.1. The Morgan fingerprint density at radius 2 is 1.80 bits per heavy atom. The number of thioether (sulfide) groups is 1. The van der Waals surface area contributed by atoms with Crippen molar-refractivity contribution in [1.82, 2.24) is 14.9 Å². The maximum atomic E-state index is 12.4. The highest BCUT2D eigenvalue weighted by atomic mass is 32.2. The second-order valence-electron chi connectivity index (χ2n) is 8.62. The van der Waals surface area contributed by atoms with Crippen LogP contribution in [0.5, 0.6) is 5.75 Å². The van der Waals surface area contributed by atoms with Crippen LogP contribution in [0.25, 0.3) is 0 Å². The van der Waals surface area contributed by atoms with Gasteiger partial charge in [-0.15, -0.1) is 10.2 Å². The summed E-state index contributed by atoms with van der Waals surface area (Å²) in [6.07, 6.45) is -0.198. The monoisotopic (exact) mass is 497 g/mol. The molecule has 35 heavy (non-hydrogen) atoms. The highest BCUT2D eigenvalue weighted by molar-refractivity contribution is 7.99. The Morgan fingerprint density at radius 3 is 2.46 bits per heavy atom. The first-order chi connectivity index (χ1) is 16.6. The van der Waals surface area contributed by atoms with E-state index in [1.165, 1.54) is 4.68 Å². The summed E-state index contributed by atoms with van der Waals surface area (Å²) in [5, 5.41) is 11.4. The zero-order valence-electron chi connectivity index (χ0n) is 20.6. The van der Waals surface area contributed by atoms with Crippen molar-refractivity contribution < 1.29 is 19.1 Å². The standard InChI is InChI=1S/C25H31N5O4S/c1-15(2)20-11-6-17(5)12-21(20)33-13-22-28-29-25(30(22)26)35-14-23(31)27-19-9-7-18(8-10-19)24(32)34-16(3)4/h6-12,15-16H,13-14,26H2,1-5H3,(H,27,31). The van der Waals surface area contributed by atoms with E-state index in [9.17, 15) is 9.59 Å². The van der Waals surface area contributed by atoms with Gasteiger partial charge in [-0.2, -0.15) is 0 Å². The van der Waals surface area contributed by atoms with Crippen LogP contribution in [0.15, 0.2) is 47.6 Å². The Labute approximate surface area is 209 Å². The second kappa shape index (κ2) is 11.7. The lowest BCUT2D eigenvalue weighted by Gasteiger charge is -2.14. The van der Waals surface area contributed by atoms with Crippen LogP contribution in [0.1, 0.15) is 60.9 Å². The summed E-state index contributed by atoms with van der Waals surface area (Å²) in [4.78, 5) is 24.3. The SMILES string of the molecule is Cc1ccc(C(C)C)c(OCc2nnc(SCC(=O)Nc3ccc(C(=O)OC(C)C)cc3)n2N)c1.